The van der Waals surface area contributed by atoms with Crippen LogP contribution in [0, 0.1) is 28.6 Å². The molecule has 0 aliphatic heterocycles. The van der Waals surface area contributed by atoms with Crippen LogP contribution in [0.3, 0.4) is 0 Å². The zero-order valence-corrected chi connectivity index (χ0v) is 10.9. The van der Waals surface area contributed by atoms with Crippen molar-refractivity contribution in [1.82, 2.24) is 0 Å². The van der Waals surface area contributed by atoms with E-state index in [-0.39, 0.29) is 6.10 Å². The molecule has 0 rings (SSSR count). The second-order valence-corrected chi connectivity index (χ2v) is 5.43. The highest BCUT2D eigenvalue weighted by molar-refractivity contribution is 4.76. The van der Waals surface area contributed by atoms with Gasteiger partial charge in [-0.15, -0.1) is 4.91 Å². The Bertz CT molecular complexity index is 178. The third kappa shape index (κ3) is 5.14. The summed E-state index contributed by atoms with van der Waals surface area (Å²) in [7, 11) is 0. The van der Waals surface area contributed by atoms with E-state index in [9.17, 15) is 4.91 Å². The van der Waals surface area contributed by atoms with Gasteiger partial charge in [-0.25, -0.2) is 0 Å². The average molecular weight is 215 g/mol. The summed E-state index contributed by atoms with van der Waals surface area (Å²) in [5.74, 6) is 1.87. The summed E-state index contributed by atoms with van der Waals surface area (Å²) in [4.78, 5) is 15.3. The number of hydrogen-bond donors (Lipinski definition) is 0. The third-order valence-corrected chi connectivity index (χ3v) is 2.84. The standard InChI is InChI=1S/C12H25NO2/c1-8(2)7-11(9(3)4)12(10(5)6)15-13-14/h8-12H,7H2,1-6H3. The van der Waals surface area contributed by atoms with Crippen molar-refractivity contribution in [1.29, 1.82) is 0 Å². The molecule has 0 N–H and O–H groups in total. The molecule has 0 aliphatic carbocycles. The second kappa shape index (κ2) is 6.81. The van der Waals surface area contributed by atoms with Crippen LogP contribution in [0.4, 0.5) is 0 Å². The highest BCUT2D eigenvalue weighted by atomic mass is 16.7. The lowest BCUT2D eigenvalue weighted by molar-refractivity contribution is -0.0377. The molecule has 3 nitrogen and oxygen atoms in total. The highest BCUT2D eigenvalue weighted by Crippen LogP contribution is 2.29. The molecule has 2 atom stereocenters. The minimum absolute atomic E-state index is 0.0510. The molecule has 0 aliphatic rings. The van der Waals surface area contributed by atoms with Crippen LogP contribution in [0.15, 0.2) is 5.34 Å². The first-order valence-corrected chi connectivity index (χ1v) is 5.88. The van der Waals surface area contributed by atoms with Gasteiger partial charge in [-0.1, -0.05) is 41.5 Å². The number of hydrogen-bond acceptors (Lipinski definition) is 3. The summed E-state index contributed by atoms with van der Waals surface area (Å²) < 4.78 is 0. The van der Waals surface area contributed by atoms with E-state index in [1.807, 2.05) is 0 Å². The lowest BCUT2D eigenvalue weighted by Crippen LogP contribution is -2.32. The molecule has 0 fully saturated rings. The first-order valence-electron chi connectivity index (χ1n) is 5.88. The molecule has 3 heteroatoms. The molecule has 0 radical (unpaired) electrons. The lowest BCUT2D eigenvalue weighted by atomic mass is 9.79. The average Bonchev–Trinajstić information content (AvgIpc) is 2.09. The first-order chi connectivity index (χ1) is 6.90. The van der Waals surface area contributed by atoms with Gasteiger partial charge >= 0.3 is 0 Å². The van der Waals surface area contributed by atoms with Crippen LogP contribution < -0.4 is 0 Å². The molecule has 2 unspecified atom stereocenters. The Morgan fingerprint density at radius 1 is 1.00 bits per heavy atom. The van der Waals surface area contributed by atoms with Crippen LogP contribution in [0.1, 0.15) is 48.0 Å². The molecule has 0 aromatic carbocycles. The Labute approximate surface area is 93.5 Å². The molecule has 0 aromatic heterocycles. The van der Waals surface area contributed by atoms with E-state index in [2.05, 4.69) is 46.9 Å². The molecular formula is C12H25NO2. The van der Waals surface area contributed by atoms with E-state index in [4.69, 9.17) is 4.84 Å². The Hall–Kier alpha value is -0.600. The summed E-state index contributed by atoms with van der Waals surface area (Å²) in [5.41, 5.74) is 0. The van der Waals surface area contributed by atoms with Gasteiger partial charge in [0.1, 0.15) is 6.10 Å². The summed E-state index contributed by atoms with van der Waals surface area (Å²) in [5, 5.41) is 2.62. The second-order valence-electron chi connectivity index (χ2n) is 5.43. The van der Waals surface area contributed by atoms with Gasteiger partial charge in [0.25, 0.3) is 0 Å². The number of rotatable bonds is 7. The van der Waals surface area contributed by atoms with Crippen molar-refractivity contribution in [2.45, 2.75) is 54.1 Å². The van der Waals surface area contributed by atoms with Crippen molar-refractivity contribution in [3.63, 3.8) is 0 Å². The Morgan fingerprint density at radius 2 is 1.53 bits per heavy atom. The van der Waals surface area contributed by atoms with Gasteiger partial charge in [0.2, 0.25) is 0 Å². The maximum Gasteiger partial charge on any atom is 0.155 e. The van der Waals surface area contributed by atoms with Crippen LogP contribution in [0.5, 0.6) is 0 Å². The predicted molar refractivity (Wildman–Crippen MR) is 63.3 cm³/mol. The predicted octanol–water partition coefficient (Wildman–Crippen LogP) is 4.03. The zero-order chi connectivity index (χ0) is 12.0. The van der Waals surface area contributed by atoms with Crippen molar-refractivity contribution >= 4 is 0 Å². The molecule has 90 valence electrons. The topological polar surface area (TPSA) is 38.7 Å². The Balaban J connectivity index is 4.59. The molecule has 0 spiro atoms. The van der Waals surface area contributed by atoms with Crippen LogP contribution in [-0.4, -0.2) is 6.10 Å². The quantitative estimate of drug-likeness (QED) is 0.475. The summed E-state index contributed by atoms with van der Waals surface area (Å²) in [6, 6.07) is 0. The molecule has 0 bridgehead atoms. The molecule has 0 saturated carbocycles. The minimum atomic E-state index is -0.0510. The zero-order valence-electron chi connectivity index (χ0n) is 10.9. The van der Waals surface area contributed by atoms with Gasteiger partial charge < -0.3 is 4.84 Å². The summed E-state index contributed by atoms with van der Waals surface area (Å²) >= 11 is 0. The minimum Gasteiger partial charge on any atom is -0.360 e. The van der Waals surface area contributed by atoms with Crippen molar-refractivity contribution < 1.29 is 4.84 Å². The maximum atomic E-state index is 10.3. The van der Waals surface area contributed by atoms with E-state index in [1.54, 1.807) is 0 Å². The lowest BCUT2D eigenvalue weighted by Gasteiger charge is -2.31. The molecule has 15 heavy (non-hydrogen) atoms. The van der Waals surface area contributed by atoms with Crippen LogP contribution >= 0.6 is 0 Å². The normalized spacial score (nSPS) is 15.8. The van der Waals surface area contributed by atoms with E-state index in [0.717, 1.165) is 6.42 Å². The maximum absolute atomic E-state index is 10.3. The molecule has 0 heterocycles. The fourth-order valence-electron chi connectivity index (χ4n) is 2.07. The van der Waals surface area contributed by atoms with E-state index in [0.29, 0.717) is 23.7 Å². The van der Waals surface area contributed by atoms with Gasteiger partial charge in [-0.05, 0) is 24.2 Å². The van der Waals surface area contributed by atoms with Crippen LogP contribution in [0.25, 0.3) is 0 Å². The van der Waals surface area contributed by atoms with Gasteiger partial charge in [0.15, 0.2) is 5.34 Å². The molecule has 0 aromatic rings. The van der Waals surface area contributed by atoms with Gasteiger partial charge in [0, 0.05) is 5.92 Å². The van der Waals surface area contributed by atoms with E-state index in [1.165, 1.54) is 0 Å². The Morgan fingerprint density at radius 3 is 1.80 bits per heavy atom. The van der Waals surface area contributed by atoms with E-state index < -0.39 is 0 Å². The highest BCUT2D eigenvalue weighted by Gasteiger charge is 2.30. The first kappa shape index (κ1) is 14.4. The molecule has 0 saturated heterocycles. The van der Waals surface area contributed by atoms with E-state index >= 15 is 0 Å². The van der Waals surface area contributed by atoms with Gasteiger partial charge in [0.05, 0.1) is 0 Å². The largest absolute Gasteiger partial charge is 0.360 e. The van der Waals surface area contributed by atoms with Gasteiger partial charge in [-0.3, -0.25) is 0 Å². The van der Waals surface area contributed by atoms with Crippen molar-refractivity contribution in [2.24, 2.45) is 29.0 Å². The van der Waals surface area contributed by atoms with Crippen LogP contribution in [0.2, 0.25) is 0 Å². The number of nitrogens with zero attached hydrogens (tertiary/aromatic N) is 1. The Kier molecular flexibility index (Phi) is 6.53. The van der Waals surface area contributed by atoms with Crippen molar-refractivity contribution in [3.05, 3.63) is 4.91 Å². The smallest absolute Gasteiger partial charge is 0.155 e. The van der Waals surface area contributed by atoms with Crippen molar-refractivity contribution in [2.75, 3.05) is 0 Å². The molecular weight excluding hydrogens is 190 g/mol. The fraction of sp³-hybridized carbons (Fsp3) is 1.00. The fourth-order valence-corrected chi connectivity index (χ4v) is 2.07. The van der Waals surface area contributed by atoms with Gasteiger partial charge in [-0.2, -0.15) is 0 Å². The SMILES string of the molecule is CC(C)CC(C(C)C)C(ON=O)C(C)C. The summed E-state index contributed by atoms with van der Waals surface area (Å²) in [6.07, 6.45) is 1.03. The summed E-state index contributed by atoms with van der Waals surface area (Å²) in [6.45, 7) is 12.9. The van der Waals surface area contributed by atoms with Crippen molar-refractivity contribution in [3.8, 4) is 0 Å². The molecule has 0 amide bonds. The monoisotopic (exact) mass is 215 g/mol. The van der Waals surface area contributed by atoms with Crippen LogP contribution in [-0.2, 0) is 4.84 Å². The third-order valence-electron chi connectivity index (χ3n) is 2.84.